The normalized spacial score (nSPS) is 11.4. The van der Waals surface area contributed by atoms with E-state index in [2.05, 4.69) is 15.5 Å². The van der Waals surface area contributed by atoms with Crippen LogP contribution < -0.4 is 5.32 Å². The van der Waals surface area contributed by atoms with Gasteiger partial charge in [0.1, 0.15) is 5.75 Å². The van der Waals surface area contributed by atoms with Crippen LogP contribution in [0.3, 0.4) is 0 Å². The van der Waals surface area contributed by atoms with E-state index in [0.29, 0.717) is 0 Å². The quantitative estimate of drug-likeness (QED) is 0.683. The SMILES string of the molecule is Cc1cc(C)c(CC(=O)Nc2nnc(CS(=O)(=O)c3ccccc3)o2)c(C)c1. The molecule has 1 N–H and O–H groups in total. The summed E-state index contributed by atoms with van der Waals surface area (Å²) in [7, 11) is -3.60. The van der Waals surface area contributed by atoms with Gasteiger partial charge in [-0.05, 0) is 49.6 Å². The Hall–Kier alpha value is -3.00. The van der Waals surface area contributed by atoms with Crippen LogP contribution in [-0.2, 0) is 26.8 Å². The molecule has 3 aromatic rings. The lowest BCUT2D eigenvalue weighted by Crippen LogP contribution is -2.16. The second kappa shape index (κ2) is 7.93. The highest BCUT2D eigenvalue weighted by Crippen LogP contribution is 2.19. The van der Waals surface area contributed by atoms with Crippen molar-refractivity contribution in [2.75, 3.05) is 5.32 Å². The number of hydrogen-bond acceptors (Lipinski definition) is 6. The number of carbonyl (C=O) groups excluding carboxylic acids is 1. The summed E-state index contributed by atoms with van der Waals surface area (Å²) in [5, 5.41) is 9.98. The third-order valence-corrected chi connectivity index (χ3v) is 5.92. The number of anilines is 1. The molecule has 7 nitrogen and oxygen atoms in total. The summed E-state index contributed by atoms with van der Waals surface area (Å²) < 4.78 is 30.0. The van der Waals surface area contributed by atoms with E-state index < -0.39 is 15.6 Å². The molecule has 0 spiro atoms. The number of nitrogens with one attached hydrogen (secondary N) is 1. The van der Waals surface area contributed by atoms with Gasteiger partial charge < -0.3 is 4.42 Å². The van der Waals surface area contributed by atoms with Crippen LogP contribution >= 0.6 is 0 Å². The van der Waals surface area contributed by atoms with Crippen molar-refractivity contribution in [3.05, 3.63) is 70.6 Å². The molecule has 0 atom stereocenters. The third kappa shape index (κ3) is 4.64. The summed E-state index contributed by atoms with van der Waals surface area (Å²) in [6.45, 7) is 5.93. The van der Waals surface area contributed by atoms with Crippen molar-refractivity contribution in [1.29, 1.82) is 0 Å². The summed E-state index contributed by atoms with van der Waals surface area (Å²) in [6, 6.07) is 11.9. The zero-order valence-corrected chi connectivity index (χ0v) is 16.7. The highest BCUT2D eigenvalue weighted by molar-refractivity contribution is 7.90. The number of aromatic nitrogens is 2. The zero-order valence-electron chi connectivity index (χ0n) is 15.9. The number of benzene rings is 2. The third-order valence-electron chi connectivity index (χ3n) is 4.31. The van der Waals surface area contributed by atoms with Crippen molar-refractivity contribution in [2.24, 2.45) is 0 Å². The summed E-state index contributed by atoms with van der Waals surface area (Å²) in [5.74, 6) is -0.825. The molecule has 0 radical (unpaired) electrons. The predicted molar refractivity (Wildman–Crippen MR) is 105 cm³/mol. The van der Waals surface area contributed by atoms with Gasteiger partial charge in [-0.3, -0.25) is 10.1 Å². The van der Waals surface area contributed by atoms with E-state index >= 15 is 0 Å². The van der Waals surface area contributed by atoms with Crippen LogP contribution in [0.1, 0.15) is 28.1 Å². The minimum absolute atomic E-state index is 0.0816. The topological polar surface area (TPSA) is 102 Å². The molecule has 3 rings (SSSR count). The molecule has 1 heterocycles. The number of rotatable bonds is 6. The van der Waals surface area contributed by atoms with E-state index in [1.807, 2.05) is 32.9 Å². The Bertz CT molecular complexity index is 1080. The van der Waals surface area contributed by atoms with Crippen LogP contribution in [-0.4, -0.2) is 24.5 Å². The largest absolute Gasteiger partial charge is 0.407 e. The maximum absolute atomic E-state index is 12.4. The number of amides is 1. The van der Waals surface area contributed by atoms with Crippen LogP contribution in [0.2, 0.25) is 0 Å². The lowest BCUT2D eigenvalue weighted by Gasteiger charge is -2.10. The Balaban J connectivity index is 1.67. The monoisotopic (exact) mass is 399 g/mol. The number of carbonyl (C=O) groups is 1. The lowest BCUT2D eigenvalue weighted by molar-refractivity contribution is -0.115. The van der Waals surface area contributed by atoms with E-state index in [0.717, 1.165) is 22.3 Å². The van der Waals surface area contributed by atoms with Crippen molar-refractivity contribution in [3.8, 4) is 0 Å². The molecular weight excluding hydrogens is 378 g/mol. The Labute approximate surface area is 163 Å². The summed E-state index contributed by atoms with van der Waals surface area (Å²) >= 11 is 0. The Kier molecular flexibility index (Phi) is 5.60. The van der Waals surface area contributed by atoms with Crippen LogP contribution in [0.5, 0.6) is 0 Å². The first-order valence-corrected chi connectivity index (χ1v) is 10.4. The van der Waals surface area contributed by atoms with Gasteiger partial charge in [0.05, 0.1) is 11.3 Å². The van der Waals surface area contributed by atoms with Crippen LogP contribution in [0.25, 0.3) is 0 Å². The molecule has 0 saturated carbocycles. The van der Waals surface area contributed by atoms with Gasteiger partial charge in [-0.25, -0.2) is 8.42 Å². The fourth-order valence-corrected chi connectivity index (χ4v) is 4.23. The number of aryl methyl sites for hydroxylation is 3. The lowest BCUT2D eigenvalue weighted by atomic mass is 9.97. The van der Waals surface area contributed by atoms with E-state index in [1.54, 1.807) is 18.2 Å². The van der Waals surface area contributed by atoms with Crippen molar-refractivity contribution >= 4 is 21.8 Å². The molecule has 2 aromatic carbocycles. The maximum atomic E-state index is 12.4. The summed E-state index contributed by atoms with van der Waals surface area (Å²) in [6.07, 6.45) is 0.165. The van der Waals surface area contributed by atoms with Crippen molar-refractivity contribution < 1.29 is 17.6 Å². The fraction of sp³-hybridized carbons (Fsp3) is 0.250. The van der Waals surface area contributed by atoms with Gasteiger partial charge in [0.2, 0.25) is 11.8 Å². The highest BCUT2D eigenvalue weighted by Gasteiger charge is 2.20. The first-order chi connectivity index (χ1) is 13.2. The van der Waals surface area contributed by atoms with Crippen molar-refractivity contribution in [2.45, 2.75) is 37.8 Å². The molecule has 146 valence electrons. The minimum Gasteiger partial charge on any atom is -0.407 e. The summed E-state index contributed by atoms with van der Waals surface area (Å²) in [4.78, 5) is 12.5. The second-order valence-corrected chi connectivity index (χ2v) is 8.66. The van der Waals surface area contributed by atoms with Gasteiger partial charge >= 0.3 is 6.01 Å². The molecule has 0 aliphatic carbocycles. The van der Waals surface area contributed by atoms with Crippen LogP contribution in [0.15, 0.2) is 51.8 Å². The number of nitrogens with zero attached hydrogens (tertiary/aromatic N) is 2. The molecule has 0 bridgehead atoms. The van der Waals surface area contributed by atoms with Crippen LogP contribution in [0.4, 0.5) is 6.01 Å². The van der Waals surface area contributed by atoms with Gasteiger partial charge in [-0.2, -0.15) is 0 Å². The number of hydrogen-bond donors (Lipinski definition) is 1. The molecule has 8 heteroatoms. The Morgan fingerprint density at radius 1 is 1.04 bits per heavy atom. The molecule has 0 aliphatic heterocycles. The minimum atomic E-state index is -3.60. The highest BCUT2D eigenvalue weighted by atomic mass is 32.2. The predicted octanol–water partition coefficient (Wildman–Crippen LogP) is 3.15. The van der Waals surface area contributed by atoms with Crippen molar-refractivity contribution in [1.82, 2.24) is 10.2 Å². The average Bonchev–Trinajstić information content (AvgIpc) is 3.05. The van der Waals surface area contributed by atoms with E-state index in [9.17, 15) is 13.2 Å². The molecule has 1 aromatic heterocycles. The molecule has 0 unspecified atom stereocenters. The summed E-state index contributed by atoms with van der Waals surface area (Å²) in [5.41, 5.74) is 4.15. The Morgan fingerprint density at radius 3 is 2.32 bits per heavy atom. The molecule has 0 saturated heterocycles. The molecule has 1 amide bonds. The van der Waals surface area contributed by atoms with E-state index in [4.69, 9.17) is 4.42 Å². The zero-order chi connectivity index (χ0) is 20.3. The molecule has 0 fully saturated rings. The standard InChI is InChI=1S/C20H21N3O4S/c1-13-9-14(2)17(15(3)10-13)11-18(24)21-20-23-22-19(27-20)12-28(25,26)16-7-5-4-6-8-16/h4-10H,11-12H2,1-3H3,(H,21,23,24). The Morgan fingerprint density at radius 2 is 1.68 bits per heavy atom. The number of sulfone groups is 1. The second-order valence-electron chi connectivity index (χ2n) is 6.68. The van der Waals surface area contributed by atoms with Gasteiger partial charge in [0.15, 0.2) is 9.84 Å². The average molecular weight is 399 g/mol. The molecular formula is C20H21N3O4S. The first kappa shape index (κ1) is 19.8. The fourth-order valence-electron chi connectivity index (χ4n) is 3.05. The van der Waals surface area contributed by atoms with Crippen molar-refractivity contribution in [3.63, 3.8) is 0 Å². The smallest absolute Gasteiger partial charge is 0.322 e. The van der Waals surface area contributed by atoms with E-state index in [1.165, 1.54) is 12.1 Å². The van der Waals surface area contributed by atoms with Gasteiger partial charge in [-0.1, -0.05) is 41.0 Å². The van der Waals surface area contributed by atoms with Gasteiger partial charge in [0, 0.05) is 0 Å². The van der Waals surface area contributed by atoms with Gasteiger partial charge in [0.25, 0.3) is 0 Å². The van der Waals surface area contributed by atoms with Gasteiger partial charge in [-0.15, -0.1) is 5.10 Å². The van der Waals surface area contributed by atoms with Crippen LogP contribution in [0, 0.1) is 20.8 Å². The maximum Gasteiger partial charge on any atom is 0.322 e. The molecule has 0 aliphatic rings. The first-order valence-electron chi connectivity index (χ1n) is 8.71. The van der Waals surface area contributed by atoms with E-state index in [-0.39, 0.29) is 29.1 Å². The molecule has 28 heavy (non-hydrogen) atoms.